The first-order chi connectivity index (χ1) is 11.0. The highest BCUT2D eigenvalue weighted by Crippen LogP contribution is 2.34. The predicted octanol–water partition coefficient (Wildman–Crippen LogP) is 3.55. The summed E-state index contributed by atoms with van der Waals surface area (Å²) in [6.07, 6.45) is 1.54. The lowest BCUT2D eigenvalue weighted by Gasteiger charge is -2.39. The number of benzene rings is 1. The zero-order chi connectivity index (χ0) is 16.4. The molecular weight excluding hydrogens is 358 g/mol. The van der Waals surface area contributed by atoms with E-state index in [1.54, 1.807) is 0 Å². The average molecular weight is 382 g/mol. The topological polar surface area (TPSA) is 38.8 Å². The minimum Gasteiger partial charge on any atom is -0.347 e. The summed E-state index contributed by atoms with van der Waals surface area (Å²) in [5, 5.41) is 0. The molecule has 2 heterocycles. The van der Waals surface area contributed by atoms with Gasteiger partial charge in [0.15, 0.2) is 5.79 Å². The molecule has 1 unspecified atom stereocenters. The van der Waals surface area contributed by atoms with E-state index in [9.17, 15) is 4.79 Å². The number of amides is 1. The Morgan fingerprint density at radius 1 is 1.13 bits per heavy atom. The number of halogens is 1. The van der Waals surface area contributed by atoms with Crippen LogP contribution < -0.4 is 0 Å². The molecule has 0 bridgehead atoms. The number of piperidine rings is 1. The minimum atomic E-state index is -0.429. The van der Waals surface area contributed by atoms with Gasteiger partial charge in [-0.3, -0.25) is 4.79 Å². The molecule has 5 heteroatoms. The molecule has 3 rings (SSSR count). The van der Waals surface area contributed by atoms with E-state index in [0.29, 0.717) is 26.3 Å². The maximum absolute atomic E-state index is 13.1. The van der Waals surface area contributed by atoms with E-state index < -0.39 is 5.79 Å². The zero-order valence-electron chi connectivity index (χ0n) is 13.8. The number of nitrogens with zero attached hydrogens (tertiary/aromatic N) is 1. The molecule has 1 aromatic carbocycles. The molecule has 126 valence electrons. The van der Waals surface area contributed by atoms with Crippen LogP contribution in [0.1, 0.15) is 38.2 Å². The van der Waals surface area contributed by atoms with Gasteiger partial charge in [-0.1, -0.05) is 41.9 Å². The van der Waals surface area contributed by atoms with Crippen LogP contribution in [0, 0.1) is 5.92 Å². The Morgan fingerprint density at radius 3 is 2.22 bits per heavy atom. The lowest BCUT2D eigenvalue weighted by atomic mass is 9.86. The van der Waals surface area contributed by atoms with E-state index in [0.717, 1.165) is 22.9 Å². The summed E-state index contributed by atoms with van der Waals surface area (Å²) in [6, 6.07) is 8.09. The van der Waals surface area contributed by atoms with Crippen LogP contribution in [0.4, 0.5) is 0 Å². The molecule has 2 aliphatic heterocycles. The number of rotatable bonds is 3. The first kappa shape index (κ1) is 16.9. The second kappa shape index (κ2) is 6.91. The van der Waals surface area contributed by atoms with E-state index in [1.807, 2.05) is 29.2 Å². The zero-order valence-corrected chi connectivity index (χ0v) is 15.3. The smallest absolute Gasteiger partial charge is 0.230 e. The van der Waals surface area contributed by atoms with Crippen LogP contribution in [0.25, 0.3) is 0 Å². The van der Waals surface area contributed by atoms with Gasteiger partial charge in [0.05, 0.1) is 19.1 Å². The van der Waals surface area contributed by atoms with Crippen LogP contribution in [0.2, 0.25) is 0 Å². The molecule has 0 aromatic heterocycles. The van der Waals surface area contributed by atoms with Crippen molar-refractivity contribution in [3.05, 3.63) is 34.3 Å². The molecule has 1 amide bonds. The van der Waals surface area contributed by atoms with Crippen molar-refractivity contribution in [1.29, 1.82) is 0 Å². The molecule has 0 saturated carbocycles. The van der Waals surface area contributed by atoms with Crippen molar-refractivity contribution in [1.82, 2.24) is 4.90 Å². The van der Waals surface area contributed by atoms with Crippen LogP contribution in [-0.2, 0) is 14.3 Å². The van der Waals surface area contributed by atoms with Crippen LogP contribution in [0.5, 0.6) is 0 Å². The highest BCUT2D eigenvalue weighted by molar-refractivity contribution is 9.10. The summed E-state index contributed by atoms with van der Waals surface area (Å²) in [5.74, 6) is -0.0434. The van der Waals surface area contributed by atoms with Gasteiger partial charge in [-0.2, -0.15) is 0 Å². The fraction of sp³-hybridized carbons (Fsp3) is 0.611. The van der Waals surface area contributed by atoms with Crippen molar-refractivity contribution < 1.29 is 14.3 Å². The first-order valence-corrected chi connectivity index (χ1v) is 9.12. The summed E-state index contributed by atoms with van der Waals surface area (Å²) in [5.41, 5.74) is 1.09. The van der Waals surface area contributed by atoms with Crippen molar-refractivity contribution >= 4 is 21.8 Å². The average Bonchev–Trinajstić information content (AvgIpc) is 2.98. The third-order valence-corrected chi connectivity index (χ3v) is 5.34. The number of hydrogen-bond acceptors (Lipinski definition) is 3. The standard InChI is InChI=1S/C18H24BrNO3/c1-13(2)16(14-3-5-15(19)6-4-14)17(21)20-9-7-18(8-10-20)22-11-12-23-18/h3-6,13,16H,7-12H2,1-2H3. The lowest BCUT2D eigenvalue weighted by Crippen LogP contribution is -2.49. The summed E-state index contributed by atoms with van der Waals surface area (Å²) in [7, 11) is 0. The molecule has 2 aliphatic rings. The summed E-state index contributed by atoms with van der Waals surface area (Å²) < 4.78 is 12.5. The second-order valence-electron chi connectivity index (χ2n) is 6.71. The molecule has 2 saturated heterocycles. The lowest BCUT2D eigenvalue weighted by molar-refractivity contribution is -0.188. The van der Waals surface area contributed by atoms with Crippen molar-refractivity contribution in [3.8, 4) is 0 Å². The molecule has 1 spiro atoms. The van der Waals surface area contributed by atoms with Crippen molar-refractivity contribution in [2.45, 2.75) is 38.4 Å². The van der Waals surface area contributed by atoms with Gasteiger partial charge in [-0.15, -0.1) is 0 Å². The Bertz CT molecular complexity index is 542. The van der Waals surface area contributed by atoms with Crippen LogP contribution >= 0.6 is 15.9 Å². The molecule has 23 heavy (non-hydrogen) atoms. The first-order valence-electron chi connectivity index (χ1n) is 8.33. The largest absolute Gasteiger partial charge is 0.347 e. The Balaban J connectivity index is 1.71. The summed E-state index contributed by atoms with van der Waals surface area (Å²) >= 11 is 3.46. The van der Waals surface area contributed by atoms with Gasteiger partial charge in [0.25, 0.3) is 0 Å². The third kappa shape index (κ3) is 3.62. The molecular formula is C18H24BrNO3. The van der Waals surface area contributed by atoms with E-state index >= 15 is 0 Å². The highest BCUT2D eigenvalue weighted by atomic mass is 79.9. The normalized spacial score (nSPS) is 21.8. The number of carbonyl (C=O) groups is 1. The number of hydrogen-bond donors (Lipinski definition) is 0. The molecule has 0 aliphatic carbocycles. The van der Waals surface area contributed by atoms with Crippen LogP contribution in [-0.4, -0.2) is 42.9 Å². The van der Waals surface area contributed by atoms with Gasteiger partial charge in [0, 0.05) is 30.4 Å². The van der Waals surface area contributed by atoms with Gasteiger partial charge in [0.2, 0.25) is 5.91 Å². The van der Waals surface area contributed by atoms with Gasteiger partial charge < -0.3 is 14.4 Å². The maximum Gasteiger partial charge on any atom is 0.230 e. The summed E-state index contributed by atoms with van der Waals surface area (Å²) in [6.45, 7) is 6.97. The SMILES string of the molecule is CC(C)C(C(=O)N1CCC2(CC1)OCCO2)c1ccc(Br)cc1. The van der Waals surface area contributed by atoms with Crippen molar-refractivity contribution in [3.63, 3.8) is 0 Å². The maximum atomic E-state index is 13.1. The second-order valence-corrected chi connectivity index (χ2v) is 7.62. The van der Waals surface area contributed by atoms with Gasteiger partial charge >= 0.3 is 0 Å². The molecule has 2 fully saturated rings. The highest BCUT2D eigenvalue weighted by Gasteiger charge is 2.42. The van der Waals surface area contributed by atoms with Gasteiger partial charge in [-0.05, 0) is 23.6 Å². The van der Waals surface area contributed by atoms with Gasteiger partial charge in [0.1, 0.15) is 0 Å². The fourth-order valence-corrected chi connectivity index (χ4v) is 3.80. The van der Waals surface area contributed by atoms with E-state index in [4.69, 9.17) is 9.47 Å². The predicted molar refractivity (Wildman–Crippen MR) is 92.2 cm³/mol. The number of carbonyl (C=O) groups excluding carboxylic acids is 1. The Kier molecular flexibility index (Phi) is 5.09. The molecule has 0 N–H and O–H groups in total. The van der Waals surface area contributed by atoms with Crippen LogP contribution in [0.3, 0.4) is 0 Å². The number of likely N-dealkylation sites (tertiary alicyclic amines) is 1. The molecule has 1 aromatic rings. The molecule has 1 atom stereocenters. The Morgan fingerprint density at radius 2 is 1.70 bits per heavy atom. The minimum absolute atomic E-state index is 0.0948. The molecule has 0 radical (unpaired) electrons. The third-order valence-electron chi connectivity index (χ3n) is 4.81. The fourth-order valence-electron chi connectivity index (χ4n) is 3.53. The van der Waals surface area contributed by atoms with Crippen molar-refractivity contribution in [2.75, 3.05) is 26.3 Å². The Hall–Kier alpha value is -0.910. The quantitative estimate of drug-likeness (QED) is 0.803. The number of ether oxygens (including phenoxy) is 2. The summed E-state index contributed by atoms with van der Waals surface area (Å²) in [4.78, 5) is 15.0. The van der Waals surface area contributed by atoms with Crippen molar-refractivity contribution in [2.24, 2.45) is 5.92 Å². The molecule has 4 nitrogen and oxygen atoms in total. The Labute approximate surface area is 146 Å². The van der Waals surface area contributed by atoms with Gasteiger partial charge in [-0.25, -0.2) is 0 Å². The van der Waals surface area contributed by atoms with E-state index in [1.165, 1.54) is 0 Å². The van der Waals surface area contributed by atoms with E-state index in [2.05, 4.69) is 29.8 Å². The van der Waals surface area contributed by atoms with E-state index in [-0.39, 0.29) is 17.7 Å². The monoisotopic (exact) mass is 381 g/mol. The van der Waals surface area contributed by atoms with Crippen LogP contribution in [0.15, 0.2) is 28.7 Å².